The predicted octanol–water partition coefficient (Wildman–Crippen LogP) is 4.38. The van der Waals surface area contributed by atoms with Gasteiger partial charge in [-0.15, -0.1) is 5.10 Å². The number of hydrogen-bond donors (Lipinski definition) is 0. The van der Waals surface area contributed by atoms with E-state index in [-0.39, 0.29) is 5.82 Å². The van der Waals surface area contributed by atoms with Gasteiger partial charge in [-0.3, -0.25) is 0 Å². The van der Waals surface area contributed by atoms with Gasteiger partial charge < -0.3 is 9.47 Å². The first-order valence-corrected chi connectivity index (χ1v) is 10.2. The number of fused-ring (bicyclic) bond motifs is 2. The van der Waals surface area contributed by atoms with E-state index in [9.17, 15) is 4.39 Å². The van der Waals surface area contributed by atoms with Crippen LogP contribution in [0.4, 0.5) is 4.39 Å². The van der Waals surface area contributed by atoms with E-state index < -0.39 is 0 Å². The highest BCUT2D eigenvalue weighted by molar-refractivity contribution is 7.98. The molecule has 0 amide bonds. The monoisotopic (exact) mass is 408 g/mol. The Hall–Kier alpha value is -3.13. The number of ether oxygens (including phenoxy) is 2. The Balaban J connectivity index is 1.38. The summed E-state index contributed by atoms with van der Waals surface area (Å²) in [7, 11) is 0. The molecular weight excluding hydrogens is 391 g/mol. The number of rotatable bonds is 4. The molecule has 2 aromatic carbocycles. The third-order valence-corrected chi connectivity index (χ3v) is 5.45. The molecule has 6 nitrogen and oxygen atoms in total. The van der Waals surface area contributed by atoms with Crippen LogP contribution in [0.2, 0.25) is 0 Å². The highest BCUT2D eigenvalue weighted by atomic mass is 32.2. The summed E-state index contributed by atoms with van der Waals surface area (Å²) >= 11 is 1.52. The van der Waals surface area contributed by atoms with E-state index in [2.05, 4.69) is 15.1 Å². The number of aromatic nitrogens is 4. The van der Waals surface area contributed by atoms with E-state index in [1.807, 2.05) is 24.3 Å². The first-order valence-electron chi connectivity index (χ1n) is 9.25. The van der Waals surface area contributed by atoms with E-state index in [0.29, 0.717) is 29.9 Å². The summed E-state index contributed by atoms with van der Waals surface area (Å²) in [5.41, 5.74) is 2.76. The Labute approximate surface area is 170 Å². The Bertz CT molecular complexity index is 1160. The van der Waals surface area contributed by atoms with Crippen LogP contribution in [0.25, 0.3) is 17.0 Å². The van der Waals surface area contributed by atoms with Gasteiger partial charge in [-0.2, -0.15) is 9.50 Å². The lowest BCUT2D eigenvalue weighted by Gasteiger charge is -2.08. The van der Waals surface area contributed by atoms with Crippen LogP contribution in [-0.2, 0) is 5.75 Å². The summed E-state index contributed by atoms with van der Waals surface area (Å²) in [6, 6.07) is 14.1. The largest absolute Gasteiger partial charge is 0.490 e. The fourth-order valence-corrected chi connectivity index (χ4v) is 3.88. The summed E-state index contributed by atoms with van der Waals surface area (Å²) < 4.78 is 26.4. The second-order valence-electron chi connectivity index (χ2n) is 6.56. The van der Waals surface area contributed by atoms with Crippen LogP contribution < -0.4 is 9.47 Å². The van der Waals surface area contributed by atoms with E-state index in [4.69, 9.17) is 9.47 Å². The van der Waals surface area contributed by atoms with E-state index >= 15 is 0 Å². The SMILES string of the molecule is Fc1ccc(-c2ccnc3nc(SCc4ccc5c(c4)OCCCO5)nn23)cc1. The van der Waals surface area contributed by atoms with Crippen molar-refractivity contribution in [2.45, 2.75) is 17.3 Å². The molecule has 1 aliphatic rings. The van der Waals surface area contributed by atoms with Crippen molar-refractivity contribution >= 4 is 17.5 Å². The van der Waals surface area contributed by atoms with Crippen LogP contribution in [0.1, 0.15) is 12.0 Å². The number of nitrogens with zero attached hydrogens (tertiary/aromatic N) is 4. The smallest absolute Gasteiger partial charge is 0.253 e. The van der Waals surface area contributed by atoms with Gasteiger partial charge >= 0.3 is 0 Å². The van der Waals surface area contributed by atoms with Crippen molar-refractivity contribution in [1.29, 1.82) is 0 Å². The van der Waals surface area contributed by atoms with Gasteiger partial charge in [0.25, 0.3) is 5.78 Å². The molecule has 8 heteroatoms. The molecule has 0 unspecified atom stereocenters. The molecule has 0 N–H and O–H groups in total. The third kappa shape index (κ3) is 3.75. The number of hydrogen-bond acceptors (Lipinski definition) is 6. The maximum atomic E-state index is 13.2. The minimum Gasteiger partial charge on any atom is -0.490 e. The van der Waals surface area contributed by atoms with Crippen molar-refractivity contribution in [2.24, 2.45) is 0 Å². The molecule has 0 radical (unpaired) electrons. The van der Waals surface area contributed by atoms with Gasteiger partial charge in [0.05, 0.1) is 18.9 Å². The molecular formula is C21H17FN4O2S. The molecule has 29 heavy (non-hydrogen) atoms. The fraction of sp³-hybridized carbons (Fsp3) is 0.190. The van der Waals surface area contributed by atoms with Gasteiger partial charge in [0.2, 0.25) is 5.16 Å². The molecule has 4 aromatic rings. The lowest BCUT2D eigenvalue weighted by molar-refractivity contribution is 0.297. The first kappa shape index (κ1) is 17.9. The van der Waals surface area contributed by atoms with Crippen LogP contribution in [0.3, 0.4) is 0 Å². The highest BCUT2D eigenvalue weighted by Crippen LogP contribution is 2.32. The second-order valence-corrected chi connectivity index (χ2v) is 7.51. The van der Waals surface area contributed by atoms with Crippen LogP contribution in [0, 0.1) is 5.82 Å². The zero-order valence-electron chi connectivity index (χ0n) is 15.4. The maximum absolute atomic E-state index is 13.2. The van der Waals surface area contributed by atoms with Gasteiger partial charge in [-0.05, 0) is 48.0 Å². The predicted molar refractivity (Wildman–Crippen MR) is 108 cm³/mol. The van der Waals surface area contributed by atoms with Crippen molar-refractivity contribution < 1.29 is 13.9 Å². The molecule has 3 heterocycles. The topological polar surface area (TPSA) is 61.5 Å². The molecule has 2 aromatic heterocycles. The summed E-state index contributed by atoms with van der Waals surface area (Å²) in [4.78, 5) is 8.80. The van der Waals surface area contributed by atoms with Crippen LogP contribution in [-0.4, -0.2) is 32.8 Å². The van der Waals surface area contributed by atoms with Crippen LogP contribution >= 0.6 is 11.8 Å². The van der Waals surface area contributed by atoms with Crippen LogP contribution in [0.15, 0.2) is 59.9 Å². The molecule has 0 saturated heterocycles. The molecule has 0 bridgehead atoms. The zero-order chi connectivity index (χ0) is 19.6. The summed E-state index contributed by atoms with van der Waals surface area (Å²) in [6.07, 6.45) is 2.56. The lowest BCUT2D eigenvalue weighted by Crippen LogP contribution is -1.97. The minimum atomic E-state index is -0.274. The van der Waals surface area contributed by atoms with Crippen molar-refractivity contribution in [2.75, 3.05) is 13.2 Å². The minimum absolute atomic E-state index is 0.274. The Kier molecular flexibility index (Phi) is 4.77. The third-order valence-electron chi connectivity index (χ3n) is 4.54. The molecule has 146 valence electrons. The van der Waals surface area contributed by atoms with E-state index in [0.717, 1.165) is 34.7 Å². The Morgan fingerprint density at radius 3 is 2.69 bits per heavy atom. The molecule has 5 rings (SSSR count). The van der Waals surface area contributed by atoms with Crippen molar-refractivity contribution in [3.05, 3.63) is 66.1 Å². The molecule has 0 atom stereocenters. The fourth-order valence-electron chi connectivity index (χ4n) is 3.12. The first-order chi connectivity index (χ1) is 14.3. The second kappa shape index (κ2) is 7.71. The van der Waals surface area contributed by atoms with Gasteiger partial charge in [0.1, 0.15) is 5.82 Å². The summed E-state index contributed by atoms with van der Waals surface area (Å²) in [5, 5.41) is 5.21. The Morgan fingerprint density at radius 2 is 1.83 bits per heavy atom. The molecule has 1 aliphatic heterocycles. The highest BCUT2D eigenvalue weighted by Gasteiger charge is 2.13. The van der Waals surface area contributed by atoms with Gasteiger partial charge in [0, 0.05) is 23.9 Å². The average Bonchev–Trinajstić information content (AvgIpc) is 3.02. The quantitative estimate of drug-likeness (QED) is 0.467. The van der Waals surface area contributed by atoms with Gasteiger partial charge in [0.15, 0.2) is 11.5 Å². The lowest BCUT2D eigenvalue weighted by atomic mass is 10.1. The number of thioether (sulfide) groups is 1. The van der Waals surface area contributed by atoms with Crippen molar-refractivity contribution in [3.8, 4) is 22.8 Å². The van der Waals surface area contributed by atoms with Gasteiger partial charge in [-0.1, -0.05) is 17.8 Å². The summed E-state index contributed by atoms with van der Waals surface area (Å²) in [5.74, 6) is 2.50. The molecule has 0 fully saturated rings. The van der Waals surface area contributed by atoms with Gasteiger partial charge in [-0.25, -0.2) is 9.37 Å². The number of benzene rings is 2. The van der Waals surface area contributed by atoms with Crippen molar-refractivity contribution in [3.63, 3.8) is 0 Å². The molecule has 0 spiro atoms. The zero-order valence-corrected chi connectivity index (χ0v) is 16.2. The molecule has 0 aliphatic carbocycles. The number of halogens is 1. The van der Waals surface area contributed by atoms with Crippen molar-refractivity contribution in [1.82, 2.24) is 19.6 Å². The normalized spacial score (nSPS) is 13.4. The Morgan fingerprint density at radius 1 is 1.00 bits per heavy atom. The molecule has 0 saturated carbocycles. The summed E-state index contributed by atoms with van der Waals surface area (Å²) in [6.45, 7) is 1.34. The average molecular weight is 408 g/mol. The van der Waals surface area contributed by atoms with E-state index in [1.54, 1.807) is 22.8 Å². The maximum Gasteiger partial charge on any atom is 0.253 e. The van der Waals surface area contributed by atoms with E-state index in [1.165, 1.54) is 23.9 Å². The standard InChI is InChI=1S/C21H17FN4O2S/c22-16-5-3-15(4-6-16)17-8-9-23-20-24-21(25-26(17)20)29-13-14-2-7-18-19(12-14)28-11-1-10-27-18/h2-9,12H,1,10-11,13H2. The van der Waals surface area contributed by atoms with Crippen LogP contribution in [0.5, 0.6) is 11.5 Å².